The minimum atomic E-state index is -0.426. The van der Waals surface area contributed by atoms with E-state index in [4.69, 9.17) is 11.6 Å². The van der Waals surface area contributed by atoms with Crippen molar-refractivity contribution in [3.8, 4) is 0 Å². The van der Waals surface area contributed by atoms with Gasteiger partial charge in [0.05, 0.1) is 15.6 Å². The molecule has 2 aliphatic rings. The van der Waals surface area contributed by atoms with Crippen LogP contribution in [-0.2, 0) is 6.42 Å². The van der Waals surface area contributed by atoms with E-state index in [-0.39, 0.29) is 5.69 Å². The third-order valence-corrected chi connectivity index (χ3v) is 3.78. The zero-order chi connectivity index (χ0) is 12.7. The van der Waals surface area contributed by atoms with Crippen molar-refractivity contribution in [2.24, 2.45) is 5.92 Å². The lowest BCUT2D eigenvalue weighted by Gasteiger charge is -2.10. The normalized spacial score (nSPS) is 18.7. The summed E-state index contributed by atoms with van der Waals surface area (Å²) in [6, 6.07) is 0.331. The maximum Gasteiger partial charge on any atom is 0.312 e. The molecule has 2 saturated carbocycles. The summed E-state index contributed by atoms with van der Waals surface area (Å²) in [5.41, 5.74) is 1.22. The van der Waals surface area contributed by atoms with Crippen molar-refractivity contribution in [3.05, 3.63) is 27.0 Å². The van der Waals surface area contributed by atoms with E-state index in [2.05, 4.69) is 10.3 Å². The van der Waals surface area contributed by atoms with Crippen LogP contribution < -0.4 is 5.32 Å². The SMILES string of the molecule is O=[N+]([O-])c1cnc(CC2CC2)c(Cl)c1NC1CC1. The monoisotopic (exact) mass is 267 g/mol. The molecule has 0 spiro atoms. The average molecular weight is 268 g/mol. The molecular weight excluding hydrogens is 254 g/mol. The van der Waals surface area contributed by atoms with Gasteiger partial charge in [-0.15, -0.1) is 0 Å². The number of rotatable bonds is 5. The van der Waals surface area contributed by atoms with E-state index in [9.17, 15) is 10.1 Å². The van der Waals surface area contributed by atoms with Gasteiger partial charge in [-0.2, -0.15) is 0 Å². The lowest BCUT2D eigenvalue weighted by Crippen LogP contribution is -2.07. The van der Waals surface area contributed by atoms with Gasteiger partial charge in [-0.05, 0) is 38.0 Å². The quantitative estimate of drug-likeness (QED) is 0.657. The molecule has 6 heteroatoms. The molecule has 2 aliphatic carbocycles. The van der Waals surface area contributed by atoms with Crippen molar-refractivity contribution in [3.63, 3.8) is 0 Å². The van der Waals surface area contributed by atoms with Gasteiger partial charge < -0.3 is 5.32 Å². The minimum Gasteiger partial charge on any atom is -0.375 e. The van der Waals surface area contributed by atoms with Gasteiger partial charge in [-0.25, -0.2) is 0 Å². The molecular formula is C12H14ClN3O2. The van der Waals surface area contributed by atoms with Gasteiger partial charge in [0.2, 0.25) is 0 Å². The van der Waals surface area contributed by atoms with Crippen molar-refractivity contribution in [1.82, 2.24) is 4.98 Å². The fourth-order valence-corrected chi connectivity index (χ4v) is 2.24. The number of nitro groups is 1. The van der Waals surface area contributed by atoms with Crippen LogP contribution in [0.2, 0.25) is 5.02 Å². The highest BCUT2D eigenvalue weighted by Gasteiger charge is 2.30. The summed E-state index contributed by atoms with van der Waals surface area (Å²) in [7, 11) is 0. The highest BCUT2D eigenvalue weighted by atomic mass is 35.5. The summed E-state index contributed by atoms with van der Waals surface area (Å²) < 4.78 is 0. The van der Waals surface area contributed by atoms with Crippen LogP contribution >= 0.6 is 11.6 Å². The molecule has 0 saturated heterocycles. The Morgan fingerprint density at radius 1 is 1.44 bits per heavy atom. The van der Waals surface area contributed by atoms with Gasteiger partial charge in [0, 0.05) is 6.04 Å². The summed E-state index contributed by atoms with van der Waals surface area (Å²) in [5, 5.41) is 14.6. The molecule has 0 aromatic carbocycles. The first kappa shape index (κ1) is 11.7. The van der Waals surface area contributed by atoms with Gasteiger partial charge in [0.25, 0.3) is 0 Å². The first-order valence-corrected chi connectivity index (χ1v) is 6.61. The fraction of sp³-hybridized carbons (Fsp3) is 0.583. The van der Waals surface area contributed by atoms with E-state index >= 15 is 0 Å². The molecule has 2 fully saturated rings. The second kappa shape index (κ2) is 4.39. The summed E-state index contributed by atoms with van der Waals surface area (Å²) in [4.78, 5) is 14.7. The van der Waals surface area contributed by atoms with E-state index in [1.165, 1.54) is 19.0 Å². The number of pyridine rings is 1. The van der Waals surface area contributed by atoms with Crippen LogP contribution in [0, 0.1) is 16.0 Å². The predicted molar refractivity (Wildman–Crippen MR) is 69.0 cm³/mol. The number of aromatic nitrogens is 1. The average Bonchev–Trinajstić information content (AvgIpc) is 3.18. The summed E-state index contributed by atoms with van der Waals surface area (Å²) in [5.74, 6) is 0.658. The van der Waals surface area contributed by atoms with Crippen molar-refractivity contribution >= 4 is 23.0 Å². The number of hydrogen-bond acceptors (Lipinski definition) is 4. The van der Waals surface area contributed by atoms with Crippen LogP contribution in [0.3, 0.4) is 0 Å². The first-order valence-electron chi connectivity index (χ1n) is 6.23. The molecule has 1 aromatic rings. The van der Waals surface area contributed by atoms with Gasteiger partial charge in [0.15, 0.2) is 0 Å². The van der Waals surface area contributed by atoms with Crippen LogP contribution in [0.4, 0.5) is 11.4 Å². The van der Waals surface area contributed by atoms with Gasteiger partial charge in [-0.3, -0.25) is 15.1 Å². The summed E-state index contributed by atoms with van der Waals surface area (Å²) in [6.07, 6.45) is 6.67. The molecule has 1 N–H and O–H groups in total. The standard InChI is InChI=1S/C12H14ClN3O2/c13-11-9(5-7-1-2-7)14-6-10(16(17)18)12(11)15-8-3-4-8/h6-8H,1-5H2,(H,14,15). The minimum absolute atomic E-state index is 0.0218. The van der Waals surface area contributed by atoms with E-state index in [0.29, 0.717) is 22.7 Å². The van der Waals surface area contributed by atoms with E-state index < -0.39 is 4.92 Å². The zero-order valence-corrected chi connectivity index (χ0v) is 10.6. The molecule has 18 heavy (non-hydrogen) atoms. The van der Waals surface area contributed by atoms with Crippen molar-refractivity contribution < 1.29 is 4.92 Å². The first-order chi connectivity index (χ1) is 8.65. The topological polar surface area (TPSA) is 68.1 Å². The molecule has 5 nitrogen and oxygen atoms in total. The zero-order valence-electron chi connectivity index (χ0n) is 9.86. The molecule has 0 aliphatic heterocycles. The number of halogens is 1. The van der Waals surface area contributed by atoms with Crippen LogP contribution in [-0.4, -0.2) is 15.9 Å². The maximum absolute atomic E-state index is 11.0. The van der Waals surface area contributed by atoms with Crippen LogP contribution in [0.5, 0.6) is 0 Å². The Bertz CT molecular complexity index is 498. The van der Waals surface area contributed by atoms with Gasteiger partial charge in [-0.1, -0.05) is 11.6 Å². The lowest BCUT2D eigenvalue weighted by molar-refractivity contribution is -0.384. The van der Waals surface area contributed by atoms with E-state index in [1.807, 2.05) is 0 Å². The molecule has 3 rings (SSSR count). The van der Waals surface area contributed by atoms with Crippen molar-refractivity contribution in [1.29, 1.82) is 0 Å². The highest BCUT2D eigenvalue weighted by Crippen LogP contribution is 2.40. The third kappa shape index (κ3) is 2.41. The Labute approximate surface area is 110 Å². The van der Waals surface area contributed by atoms with Gasteiger partial charge >= 0.3 is 5.69 Å². The second-order valence-electron chi connectivity index (χ2n) is 5.10. The van der Waals surface area contributed by atoms with E-state index in [0.717, 1.165) is 25.0 Å². The lowest BCUT2D eigenvalue weighted by atomic mass is 10.2. The molecule has 0 atom stereocenters. The molecule has 0 radical (unpaired) electrons. The molecule has 1 heterocycles. The Hall–Kier alpha value is -1.36. The summed E-state index contributed by atoms with van der Waals surface area (Å²) >= 11 is 6.27. The molecule has 0 unspecified atom stereocenters. The number of nitrogens with zero attached hydrogens (tertiary/aromatic N) is 2. The predicted octanol–water partition coefficient (Wildman–Crippen LogP) is 3.17. The third-order valence-electron chi connectivity index (χ3n) is 3.37. The van der Waals surface area contributed by atoms with Crippen LogP contribution in [0.15, 0.2) is 6.20 Å². The maximum atomic E-state index is 11.0. The molecule has 96 valence electrons. The molecule has 1 aromatic heterocycles. The van der Waals surface area contributed by atoms with Crippen LogP contribution in [0.1, 0.15) is 31.4 Å². The Morgan fingerprint density at radius 3 is 2.72 bits per heavy atom. The second-order valence-corrected chi connectivity index (χ2v) is 5.48. The number of nitrogens with one attached hydrogen (secondary N) is 1. The number of hydrogen-bond donors (Lipinski definition) is 1. The Kier molecular flexibility index (Phi) is 2.86. The van der Waals surface area contributed by atoms with Gasteiger partial charge in [0.1, 0.15) is 11.9 Å². The largest absolute Gasteiger partial charge is 0.375 e. The number of anilines is 1. The molecule has 0 bridgehead atoms. The fourth-order valence-electron chi connectivity index (χ4n) is 1.96. The van der Waals surface area contributed by atoms with Crippen LogP contribution in [0.25, 0.3) is 0 Å². The Morgan fingerprint density at radius 2 is 2.17 bits per heavy atom. The summed E-state index contributed by atoms with van der Waals surface area (Å²) in [6.45, 7) is 0. The Balaban J connectivity index is 1.94. The smallest absolute Gasteiger partial charge is 0.312 e. The van der Waals surface area contributed by atoms with Crippen molar-refractivity contribution in [2.75, 3.05) is 5.32 Å². The van der Waals surface area contributed by atoms with E-state index in [1.54, 1.807) is 0 Å². The van der Waals surface area contributed by atoms with Crippen molar-refractivity contribution in [2.45, 2.75) is 38.1 Å². The highest BCUT2D eigenvalue weighted by molar-refractivity contribution is 6.34. The molecule has 0 amide bonds.